The number of carboxylic acids is 1. The van der Waals surface area contributed by atoms with E-state index in [4.69, 9.17) is 10.8 Å². The van der Waals surface area contributed by atoms with Crippen LogP contribution >= 0.6 is 0 Å². The van der Waals surface area contributed by atoms with Crippen molar-refractivity contribution in [2.24, 2.45) is 5.73 Å². The molecule has 0 aliphatic carbocycles. The van der Waals surface area contributed by atoms with Gasteiger partial charge in [-0.3, -0.25) is 4.79 Å². The number of carboxylic acid groups (broad SMARTS) is 1. The van der Waals surface area contributed by atoms with Crippen LogP contribution in [0.1, 0.15) is 27.5 Å². The Kier molecular flexibility index (Phi) is 4.35. The van der Waals surface area contributed by atoms with Crippen LogP contribution in [-0.4, -0.2) is 17.0 Å². The number of aryl methyl sites for hydroxylation is 1. The summed E-state index contributed by atoms with van der Waals surface area (Å²) in [5, 5.41) is 11.6. The summed E-state index contributed by atoms with van der Waals surface area (Å²) in [5.74, 6) is -1.34. The maximum atomic E-state index is 12.1. The van der Waals surface area contributed by atoms with Crippen LogP contribution in [0.5, 0.6) is 0 Å². The van der Waals surface area contributed by atoms with Crippen LogP contribution in [0.15, 0.2) is 48.5 Å². The highest BCUT2D eigenvalue weighted by atomic mass is 16.4. The predicted molar refractivity (Wildman–Crippen MR) is 80.1 cm³/mol. The second kappa shape index (κ2) is 6.19. The van der Waals surface area contributed by atoms with Crippen LogP contribution in [0.4, 0.5) is 5.69 Å². The van der Waals surface area contributed by atoms with Gasteiger partial charge in [-0.2, -0.15) is 0 Å². The maximum Gasteiger partial charge on any atom is 0.335 e. The second-order valence-electron chi connectivity index (χ2n) is 4.71. The minimum atomic E-state index is -1.00. The van der Waals surface area contributed by atoms with Gasteiger partial charge in [0.2, 0.25) is 5.91 Å². The number of nitrogens with two attached hydrogens (primary N) is 1. The number of aromatic carboxylic acids is 1. The zero-order chi connectivity index (χ0) is 15.4. The quantitative estimate of drug-likeness (QED) is 0.803. The molecule has 0 saturated heterocycles. The monoisotopic (exact) mass is 284 g/mol. The molecule has 5 heteroatoms. The lowest BCUT2D eigenvalue weighted by Crippen LogP contribution is -2.28. The Labute approximate surface area is 122 Å². The fraction of sp³-hybridized carbons (Fsp3) is 0.125. The summed E-state index contributed by atoms with van der Waals surface area (Å²) in [6.07, 6.45) is 0. The van der Waals surface area contributed by atoms with E-state index in [-0.39, 0.29) is 11.5 Å². The minimum Gasteiger partial charge on any atom is -0.478 e. The van der Waals surface area contributed by atoms with Crippen LogP contribution in [-0.2, 0) is 4.79 Å². The third kappa shape index (κ3) is 3.46. The third-order valence-electron chi connectivity index (χ3n) is 3.17. The molecule has 0 aromatic heterocycles. The van der Waals surface area contributed by atoms with Crippen LogP contribution < -0.4 is 11.1 Å². The molecule has 0 radical (unpaired) electrons. The van der Waals surface area contributed by atoms with E-state index in [0.717, 1.165) is 5.56 Å². The number of anilines is 1. The number of rotatable bonds is 4. The lowest BCUT2D eigenvalue weighted by Gasteiger charge is -2.14. The molecule has 0 fully saturated rings. The Hall–Kier alpha value is -2.66. The number of carbonyl (C=O) groups excluding carboxylic acids is 1. The van der Waals surface area contributed by atoms with E-state index in [2.05, 4.69) is 5.32 Å². The van der Waals surface area contributed by atoms with Crippen molar-refractivity contribution in [3.05, 3.63) is 65.2 Å². The molecule has 108 valence electrons. The van der Waals surface area contributed by atoms with Crippen LogP contribution in [0.2, 0.25) is 0 Å². The number of amides is 1. The van der Waals surface area contributed by atoms with E-state index in [0.29, 0.717) is 11.3 Å². The van der Waals surface area contributed by atoms with E-state index in [9.17, 15) is 9.59 Å². The van der Waals surface area contributed by atoms with E-state index in [1.54, 1.807) is 25.1 Å². The summed E-state index contributed by atoms with van der Waals surface area (Å²) < 4.78 is 0. The first-order valence-electron chi connectivity index (χ1n) is 6.44. The smallest absolute Gasteiger partial charge is 0.335 e. The Morgan fingerprint density at radius 3 is 2.38 bits per heavy atom. The van der Waals surface area contributed by atoms with Gasteiger partial charge < -0.3 is 16.2 Å². The third-order valence-corrected chi connectivity index (χ3v) is 3.17. The van der Waals surface area contributed by atoms with E-state index in [1.807, 2.05) is 18.2 Å². The molecule has 5 nitrogen and oxygen atoms in total. The molecular weight excluding hydrogens is 268 g/mol. The van der Waals surface area contributed by atoms with Crippen molar-refractivity contribution in [3.8, 4) is 0 Å². The van der Waals surface area contributed by atoms with Gasteiger partial charge in [0.1, 0.15) is 6.04 Å². The molecule has 1 atom stereocenters. The molecule has 2 rings (SSSR count). The molecule has 0 spiro atoms. The minimum absolute atomic E-state index is 0.179. The molecule has 1 unspecified atom stereocenters. The SMILES string of the molecule is Cc1cc(C(=O)O)ccc1NC(=O)C(N)c1ccccc1. The number of hydrogen-bond acceptors (Lipinski definition) is 3. The van der Waals surface area contributed by atoms with Gasteiger partial charge in [0.05, 0.1) is 5.56 Å². The highest BCUT2D eigenvalue weighted by molar-refractivity contribution is 5.96. The molecule has 2 aromatic carbocycles. The number of carbonyl (C=O) groups is 2. The lowest BCUT2D eigenvalue weighted by atomic mass is 10.1. The molecule has 4 N–H and O–H groups in total. The van der Waals surface area contributed by atoms with Crippen molar-refractivity contribution in [1.29, 1.82) is 0 Å². The Morgan fingerprint density at radius 2 is 1.81 bits per heavy atom. The Bertz CT molecular complexity index is 668. The van der Waals surface area contributed by atoms with Crippen LogP contribution in [0, 0.1) is 6.92 Å². The maximum absolute atomic E-state index is 12.1. The molecule has 0 saturated carbocycles. The molecule has 0 bridgehead atoms. The van der Waals surface area contributed by atoms with Crippen molar-refractivity contribution in [3.63, 3.8) is 0 Å². The van der Waals surface area contributed by atoms with Crippen molar-refractivity contribution >= 4 is 17.6 Å². The molecule has 1 amide bonds. The normalized spacial score (nSPS) is 11.7. The van der Waals surface area contributed by atoms with Gasteiger partial charge in [-0.05, 0) is 36.2 Å². The second-order valence-corrected chi connectivity index (χ2v) is 4.71. The summed E-state index contributed by atoms with van der Waals surface area (Å²) in [4.78, 5) is 23.0. The largest absolute Gasteiger partial charge is 0.478 e. The Morgan fingerprint density at radius 1 is 1.14 bits per heavy atom. The average molecular weight is 284 g/mol. The number of hydrogen-bond donors (Lipinski definition) is 3. The number of benzene rings is 2. The van der Waals surface area contributed by atoms with Crippen LogP contribution in [0.25, 0.3) is 0 Å². The van der Waals surface area contributed by atoms with E-state index < -0.39 is 12.0 Å². The highest BCUT2D eigenvalue weighted by Gasteiger charge is 2.16. The van der Waals surface area contributed by atoms with E-state index >= 15 is 0 Å². The zero-order valence-corrected chi connectivity index (χ0v) is 11.5. The molecule has 2 aromatic rings. The zero-order valence-electron chi connectivity index (χ0n) is 11.5. The summed E-state index contributed by atoms with van der Waals surface area (Å²) >= 11 is 0. The summed E-state index contributed by atoms with van der Waals surface area (Å²) in [6.45, 7) is 1.73. The first kappa shape index (κ1) is 14.7. The van der Waals surface area contributed by atoms with Crippen molar-refractivity contribution in [2.45, 2.75) is 13.0 Å². The van der Waals surface area contributed by atoms with Gasteiger partial charge >= 0.3 is 5.97 Å². The number of nitrogens with one attached hydrogen (secondary N) is 1. The summed E-state index contributed by atoms with van der Waals surface area (Å²) in [5.41, 5.74) is 8.03. The molecule has 0 aliphatic heterocycles. The first-order valence-corrected chi connectivity index (χ1v) is 6.44. The highest BCUT2D eigenvalue weighted by Crippen LogP contribution is 2.19. The molecule has 0 heterocycles. The molecular formula is C16H16N2O3. The van der Waals surface area contributed by atoms with Gasteiger partial charge in [0.15, 0.2) is 0 Å². The average Bonchev–Trinajstić information content (AvgIpc) is 2.49. The fourth-order valence-corrected chi connectivity index (χ4v) is 1.96. The van der Waals surface area contributed by atoms with Gasteiger partial charge in [-0.15, -0.1) is 0 Å². The van der Waals surface area contributed by atoms with E-state index in [1.165, 1.54) is 12.1 Å². The molecule has 21 heavy (non-hydrogen) atoms. The van der Waals surface area contributed by atoms with Crippen molar-refractivity contribution < 1.29 is 14.7 Å². The van der Waals surface area contributed by atoms with Gasteiger partial charge in [-0.1, -0.05) is 30.3 Å². The molecule has 0 aliphatic rings. The van der Waals surface area contributed by atoms with Gasteiger partial charge in [0, 0.05) is 5.69 Å². The predicted octanol–water partition coefficient (Wildman–Crippen LogP) is 2.33. The van der Waals surface area contributed by atoms with Gasteiger partial charge in [0.25, 0.3) is 0 Å². The van der Waals surface area contributed by atoms with Crippen molar-refractivity contribution in [2.75, 3.05) is 5.32 Å². The van der Waals surface area contributed by atoms with Crippen molar-refractivity contribution in [1.82, 2.24) is 0 Å². The van der Waals surface area contributed by atoms with Gasteiger partial charge in [-0.25, -0.2) is 4.79 Å². The van der Waals surface area contributed by atoms with Crippen LogP contribution in [0.3, 0.4) is 0 Å². The lowest BCUT2D eigenvalue weighted by molar-refractivity contribution is -0.117. The first-order chi connectivity index (χ1) is 9.99. The Balaban J connectivity index is 2.15. The summed E-state index contributed by atoms with van der Waals surface area (Å²) in [7, 11) is 0. The topological polar surface area (TPSA) is 92.4 Å². The summed E-state index contributed by atoms with van der Waals surface area (Å²) in [6, 6.07) is 12.8. The fourth-order valence-electron chi connectivity index (χ4n) is 1.96. The standard InChI is InChI=1S/C16H16N2O3/c1-10-9-12(16(20)21)7-8-13(10)18-15(19)14(17)11-5-3-2-4-6-11/h2-9,14H,17H2,1H3,(H,18,19)(H,20,21).